The van der Waals surface area contributed by atoms with Gasteiger partial charge in [0.15, 0.2) is 11.5 Å². The van der Waals surface area contributed by atoms with Crippen LogP contribution in [0, 0.1) is 17.6 Å². The molecule has 7 heteroatoms. The van der Waals surface area contributed by atoms with E-state index in [0.717, 1.165) is 35.7 Å². The topological polar surface area (TPSA) is 59.8 Å². The lowest BCUT2D eigenvalue weighted by Crippen LogP contribution is -2.41. The van der Waals surface area contributed by atoms with Crippen LogP contribution in [0.25, 0.3) is 5.69 Å². The van der Waals surface area contributed by atoms with Crippen LogP contribution < -0.4 is 5.32 Å². The molecule has 1 N–H and O–H groups in total. The van der Waals surface area contributed by atoms with Gasteiger partial charge in [0.1, 0.15) is 11.5 Å². The van der Waals surface area contributed by atoms with E-state index >= 15 is 0 Å². The Morgan fingerprint density at radius 2 is 2.10 bits per heavy atom. The summed E-state index contributed by atoms with van der Waals surface area (Å²) in [7, 11) is 0. The minimum absolute atomic E-state index is 0.167. The Bertz CT molecular complexity index is 1120. The summed E-state index contributed by atoms with van der Waals surface area (Å²) < 4.78 is 29.3. The average Bonchev–Trinajstić information content (AvgIpc) is 3.18. The number of nitrogens with zero attached hydrogens (tertiary/aromatic N) is 3. The maximum Gasteiger partial charge on any atom is 0.272 e. The lowest BCUT2D eigenvalue weighted by molar-refractivity contribution is 0.0905. The quantitative estimate of drug-likeness (QED) is 0.731. The number of hydrogen-bond donors (Lipinski definition) is 1. The van der Waals surface area contributed by atoms with Gasteiger partial charge in [-0.3, -0.25) is 9.78 Å². The van der Waals surface area contributed by atoms with Gasteiger partial charge in [0.2, 0.25) is 0 Å². The number of hydrogen-bond acceptors (Lipinski definition) is 3. The van der Waals surface area contributed by atoms with Crippen molar-refractivity contribution >= 4 is 5.91 Å². The minimum atomic E-state index is -0.693. The number of aromatic nitrogens is 3. The molecule has 0 radical (unpaired) electrons. The second-order valence-electron chi connectivity index (χ2n) is 8.35. The number of pyridine rings is 1. The molecule has 0 aliphatic heterocycles. The van der Waals surface area contributed by atoms with Crippen molar-refractivity contribution < 1.29 is 13.6 Å². The first-order valence-corrected chi connectivity index (χ1v) is 9.65. The molecule has 2 aliphatic rings. The number of carbonyl (C=O) groups is 1. The minimum Gasteiger partial charge on any atom is -0.342 e. The first-order valence-electron chi connectivity index (χ1n) is 9.65. The highest BCUT2D eigenvalue weighted by Crippen LogP contribution is 2.57. The van der Waals surface area contributed by atoms with E-state index in [1.165, 1.54) is 16.8 Å². The first kappa shape index (κ1) is 18.0. The van der Waals surface area contributed by atoms with Crippen LogP contribution in [-0.2, 0) is 12.0 Å². The van der Waals surface area contributed by atoms with Crippen molar-refractivity contribution in [2.24, 2.45) is 5.92 Å². The Balaban J connectivity index is 1.53. The van der Waals surface area contributed by atoms with E-state index in [1.807, 2.05) is 26.0 Å². The molecule has 0 bridgehead atoms. The van der Waals surface area contributed by atoms with Crippen molar-refractivity contribution in [1.82, 2.24) is 20.1 Å². The number of halogens is 2. The van der Waals surface area contributed by atoms with Crippen molar-refractivity contribution in [1.29, 1.82) is 0 Å². The van der Waals surface area contributed by atoms with Crippen LogP contribution in [0.4, 0.5) is 8.78 Å². The SMILES string of the molecule is CC(C)(NC(=O)c1nn(-c2ccc(F)cc2F)c2c1C[C@H]1C[C@@H]21)c1cccnc1. The molecule has 3 aromatic rings. The summed E-state index contributed by atoms with van der Waals surface area (Å²) in [5.74, 6) is -0.874. The van der Waals surface area contributed by atoms with Crippen LogP contribution in [0.2, 0.25) is 0 Å². The molecule has 1 amide bonds. The van der Waals surface area contributed by atoms with E-state index in [1.54, 1.807) is 12.4 Å². The first-order chi connectivity index (χ1) is 13.8. The summed E-state index contributed by atoms with van der Waals surface area (Å²) in [6.45, 7) is 3.80. The van der Waals surface area contributed by atoms with Crippen LogP contribution in [0.1, 0.15) is 53.5 Å². The summed E-state index contributed by atoms with van der Waals surface area (Å²) in [6.07, 6.45) is 5.18. The summed E-state index contributed by atoms with van der Waals surface area (Å²) in [5.41, 5.74) is 2.45. The number of nitrogens with one attached hydrogen (secondary N) is 1. The third-order valence-electron chi connectivity index (χ3n) is 5.93. The maximum absolute atomic E-state index is 14.4. The molecule has 0 spiro atoms. The second-order valence-corrected chi connectivity index (χ2v) is 8.35. The molecule has 2 aromatic heterocycles. The van der Waals surface area contributed by atoms with Gasteiger partial charge in [0.05, 0.1) is 11.2 Å². The molecular formula is C22H20F2N4O. The average molecular weight is 394 g/mol. The molecular weight excluding hydrogens is 374 g/mol. The molecule has 5 rings (SSSR count). The van der Waals surface area contributed by atoms with Gasteiger partial charge < -0.3 is 5.32 Å². The molecule has 2 aliphatic carbocycles. The van der Waals surface area contributed by atoms with Gasteiger partial charge in [0, 0.05) is 29.9 Å². The summed E-state index contributed by atoms with van der Waals surface area (Å²) in [4.78, 5) is 17.3. The largest absolute Gasteiger partial charge is 0.342 e. The predicted octanol–water partition coefficient (Wildman–Crippen LogP) is 3.87. The lowest BCUT2D eigenvalue weighted by atomic mass is 9.95. The summed E-state index contributed by atoms with van der Waals surface area (Å²) >= 11 is 0. The normalized spacial score (nSPS) is 19.6. The van der Waals surface area contributed by atoms with Gasteiger partial charge >= 0.3 is 0 Å². The van der Waals surface area contributed by atoms with E-state index in [4.69, 9.17) is 0 Å². The van der Waals surface area contributed by atoms with Gasteiger partial charge in [-0.2, -0.15) is 5.10 Å². The number of amides is 1. The zero-order valence-electron chi connectivity index (χ0n) is 16.1. The highest BCUT2D eigenvalue weighted by Gasteiger charge is 2.50. The molecule has 0 saturated heterocycles. The zero-order valence-corrected chi connectivity index (χ0v) is 16.1. The molecule has 29 heavy (non-hydrogen) atoms. The fraction of sp³-hybridized carbons (Fsp3) is 0.318. The molecule has 2 atom stereocenters. The number of carbonyl (C=O) groups excluding carboxylic acids is 1. The number of rotatable bonds is 4. The Kier molecular flexibility index (Phi) is 3.84. The highest BCUT2D eigenvalue weighted by atomic mass is 19.1. The van der Waals surface area contributed by atoms with Crippen LogP contribution in [0.5, 0.6) is 0 Å². The Morgan fingerprint density at radius 3 is 2.83 bits per heavy atom. The smallest absolute Gasteiger partial charge is 0.272 e. The van der Waals surface area contributed by atoms with Crippen molar-refractivity contribution in [3.63, 3.8) is 0 Å². The van der Waals surface area contributed by atoms with Crippen LogP contribution >= 0.6 is 0 Å². The van der Waals surface area contributed by atoms with Gasteiger partial charge in [0.25, 0.3) is 5.91 Å². The third-order valence-corrected chi connectivity index (χ3v) is 5.93. The monoisotopic (exact) mass is 394 g/mol. The molecule has 5 nitrogen and oxygen atoms in total. The standard InChI is InChI=1S/C22H20F2N4O/c1-22(2,13-4-3-7-25-11-13)26-21(29)19-16-9-12-8-15(12)20(16)28(27-19)18-6-5-14(23)10-17(18)24/h3-7,10-12,15H,8-9H2,1-2H3,(H,26,29)/t12-,15-/m1/s1. The van der Waals surface area contributed by atoms with Crippen molar-refractivity contribution in [3.05, 3.63) is 76.9 Å². The summed E-state index contributed by atoms with van der Waals surface area (Å²) in [6, 6.07) is 7.14. The van der Waals surface area contributed by atoms with Crippen LogP contribution in [-0.4, -0.2) is 20.7 Å². The molecule has 148 valence electrons. The lowest BCUT2D eigenvalue weighted by Gasteiger charge is -2.26. The predicted molar refractivity (Wildman–Crippen MR) is 103 cm³/mol. The molecule has 1 fully saturated rings. The van der Waals surface area contributed by atoms with Crippen molar-refractivity contribution in [3.8, 4) is 5.69 Å². The molecule has 2 heterocycles. The molecule has 1 aromatic carbocycles. The Labute approximate surface area is 166 Å². The van der Waals surface area contributed by atoms with E-state index < -0.39 is 17.2 Å². The third kappa shape index (κ3) is 2.92. The van der Waals surface area contributed by atoms with Gasteiger partial charge in [-0.15, -0.1) is 0 Å². The van der Waals surface area contributed by atoms with Gasteiger partial charge in [-0.1, -0.05) is 6.07 Å². The summed E-state index contributed by atoms with van der Waals surface area (Å²) in [5, 5.41) is 7.50. The fourth-order valence-electron chi connectivity index (χ4n) is 4.28. The van der Waals surface area contributed by atoms with Crippen molar-refractivity contribution in [2.75, 3.05) is 0 Å². The van der Waals surface area contributed by atoms with Crippen LogP contribution in [0.15, 0.2) is 42.7 Å². The van der Waals surface area contributed by atoms with Gasteiger partial charge in [-0.25, -0.2) is 13.5 Å². The van der Waals surface area contributed by atoms with Gasteiger partial charge in [-0.05, 0) is 56.4 Å². The second kappa shape index (κ2) is 6.20. The van der Waals surface area contributed by atoms with Crippen LogP contribution in [0.3, 0.4) is 0 Å². The van der Waals surface area contributed by atoms with E-state index in [2.05, 4.69) is 15.4 Å². The Hall–Kier alpha value is -3.09. The van der Waals surface area contributed by atoms with Crippen molar-refractivity contribution in [2.45, 2.75) is 38.1 Å². The zero-order chi connectivity index (χ0) is 20.3. The van der Waals surface area contributed by atoms with E-state index in [-0.39, 0.29) is 17.5 Å². The molecule has 0 unspecified atom stereocenters. The van der Waals surface area contributed by atoms with E-state index in [0.29, 0.717) is 11.6 Å². The number of fused-ring (bicyclic) bond motifs is 3. The van der Waals surface area contributed by atoms with E-state index in [9.17, 15) is 13.6 Å². The fourth-order valence-corrected chi connectivity index (χ4v) is 4.28. The molecule has 1 saturated carbocycles. The number of benzene rings is 1. The maximum atomic E-state index is 14.4. The Morgan fingerprint density at radius 1 is 1.28 bits per heavy atom. The highest BCUT2D eigenvalue weighted by molar-refractivity contribution is 5.95.